The fourth-order valence-corrected chi connectivity index (χ4v) is 2.73. The summed E-state index contributed by atoms with van der Waals surface area (Å²) in [6, 6.07) is 1.77. The first-order chi connectivity index (χ1) is 7.58. The molecular weight excluding hydrogens is 359 g/mol. The van der Waals surface area contributed by atoms with Crippen LogP contribution in [0.5, 0.6) is 0 Å². The van der Waals surface area contributed by atoms with Crippen molar-refractivity contribution in [2.24, 2.45) is 0 Å². The zero-order valence-corrected chi connectivity index (χ0v) is 11.9. The van der Waals surface area contributed by atoms with Crippen molar-refractivity contribution in [2.45, 2.75) is 12.3 Å². The van der Waals surface area contributed by atoms with Crippen molar-refractivity contribution < 1.29 is 4.79 Å². The Morgan fingerprint density at radius 3 is 3.00 bits per heavy atom. The van der Waals surface area contributed by atoms with E-state index in [1.54, 1.807) is 18.5 Å². The average molecular weight is 366 g/mol. The van der Waals surface area contributed by atoms with Crippen molar-refractivity contribution in [3.05, 3.63) is 38.1 Å². The van der Waals surface area contributed by atoms with Crippen LogP contribution in [-0.4, -0.2) is 10.9 Å². The number of rotatable bonds is 1. The van der Waals surface area contributed by atoms with Crippen LogP contribution < -0.4 is 5.32 Å². The van der Waals surface area contributed by atoms with Crippen molar-refractivity contribution in [1.82, 2.24) is 10.3 Å². The topological polar surface area (TPSA) is 42.0 Å². The molecule has 0 fully saturated rings. The Morgan fingerprint density at radius 2 is 2.25 bits per heavy atom. The summed E-state index contributed by atoms with van der Waals surface area (Å²) in [5.74, 6) is -0.0170. The van der Waals surface area contributed by atoms with Gasteiger partial charge in [-0.15, -0.1) is 0 Å². The summed E-state index contributed by atoms with van der Waals surface area (Å²) < 4.78 is 1.78. The number of hydrogen-bond acceptors (Lipinski definition) is 2. The van der Waals surface area contributed by atoms with Crippen molar-refractivity contribution in [1.29, 1.82) is 0 Å². The average Bonchev–Trinajstić information content (AvgIpc) is 2.25. The molecule has 1 N–H and O–H groups in total. The Kier molecular flexibility index (Phi) is 3.66. The number of halogens is 3. The number of aromatic nitrogens is 1. The fraction of sp³-hybridized carbons (Fsp3) is 0.200. The highest BCUT2D eigenvalue weighted by molar-refractivity contribution is 9.11. The predicted octanol–water partition coefficient (Wildman–Crippen LogP) is 3.34. The molecule has 0 spiro atoms. The third-order valence-corrected chi connectivity index (χ3v) is 3.97. The molecule has 0 bridgehead atoms. The van der Waals surface area contributed by atoms with E-state index in [1.807, 2.05) is 0 Å². The lowest BCUT2D eigenvalue weighted by Crippen LogP contribution is -2.25. The van der Waals surface area contributed by atoms with E-state index in [1.165, 1.54) is 0 Å². The van der Waals surface area contributed by atoms with Gasteiger partial charge in [-0.05, 0) is 27.6 Å². The van der Waals surface area contributed by atoms with E-state index in [4.69, 9.17) is 11.6 Å². The van der Waals surface area contributed by atoms with Crippen LogP contribution in [-0.2, 0) is 4.79 Å². The van der Waals surface area contributed by atoms with E-state index in [2.05, 4.69) is 42.2 Å². The summed E-state index contributed by atoms with van der Waals surface area (Å²) in [6.45, 7) is 0. The van der Waals surface area contributed by atoms with E-state index >= 15 is 0 Å². The molecule has 0 saturated carbocycles. The van der Waals surface area contributed by atoms with Gasteiger partial charge in [-0.3, -0.25) is 4.79 Å². The Hall–Kier alpha value is -0.390. The van der Waals surface area contributed by atoms with Crippen LogP contribution in [0.2, 0.25) is 5.15 Å². The molecule has 16 heavy (non-hydrogen) atoms. The third-order valence-electron chi connectivity index (χ3n) is 2.32. The lowest BCUT2D eigenvalue weighted by atomic mass is 9.94. The van der Waals surface area contributed by atoms with E-state index < -0.39 is 0 Å². The molecule has 1 atom stereocenters. The number of hydrogen-bond donors (Lipinski definition) is 1. The molecule has 3 nitrogen and oxygen atoms in total. The Balaban J connectivity index is 2.43. The molecule has 0 aromatic carbocycles. The number of pyridine rings is 1. The largest absolute Gasteiger partial charge is 0.332 e. The fourth-order valence-electron chi connectivity index (χ4n) is 1.54. The standard InChI is InChI=1S/C10H7Br2ClN2O/c11-7-3-14-9(13)1-5(7)6-2-10(16)15-4-8(6)12/h1,3-4,6H,2H2,(H,15,16). The Morgan fingerprint density at radius 1 is 1.50 bits per heavy atom. The first-order valence-corrected chi connectivity index (χ1v) is 6.50. The maximum absolute atomic E-state index is 11.3. The minimum atomic E-state index is -0.0105. The smallest absolute Gasteiger partial charge is 0.224 e. The molecule has 6 heteroatoms. The van der Waals surface area contributed by atoms with E-state index in [0.29, 0.717) is 11.6 Å². The summed E-state index contributed by atoms with van der Waals surface area (Å²) in [5, 5.41) is 3.07. The normalized spacial score (nSPS) is 20.3. The summed E-state index contributed by atoms with van der Waals surface area (Å²) in [7, 11) is 0. The number of carbonyl (C=O) groups excluding carboxylic acids is 1. The van der Waals surface area contributed by atoms with Crippen LogP contribution in [0.4, 0.5) is 0 Å². The van der Waals surface area contributed by atoms with Gasteiger partial charge in [-0.2, -0.15) is 0 Å². The van der Waals surface area contributed by atoms with Gasteiger partial charge in [0.05, 0.1) is 0 Å². The van der Waals surface area contributed by atoms with Gasteiger partial charge in [0.2, 0.25) is 5.91 Å². The summed E-state index contributed by atoms with van der Waals surface area (Å²) >= 11 is 12.7. The molecule has 2 rings (SSSR count). The molecule has 1 amide bonds. The van der Waals surface area contributed by atoms with E-state index in [-0.39, 0.29) is 11.8 Å². The van der Waals surface area contributed by atoms with Crippen LogP contribution in [0.1, 0.15) is 17.9 Å². The summed E-state index contributed by atoms with van der Waals surface area (Å²) in [6.07, 6.45) is 3.71. The highest BCUT2D eigenvalue weighted by Gasteiger charge is 2.24. The molecular formula is C10H7Br2ClN2O. The quantitative estimate of drug-likeness (QED) is 0.775. The van der Waals surface area contributed by atoms with Crippen LogP contribution in [0, 0.1) is 0 Å². The lowest BCUT2D eigenvalue weighted by Gasteiger charge is -2.21. The molecule has 1 aliphatic heterocycles. The van der Waals surface area contributed by atoms with Crippen molar-refractivity contribution in [3.8, 4) is 0 Å². The molecule has 1 aliphatic rings. The molecule has 2 heterocycles. The predicted molar refractivity (Wildman–Crippen MR) is 69.5 cm³/mol. The zero-order valence-electron chi connectivity index (χ0n) is 8.01. The summed E-state index contributed by atoms with van der Waals surface area (Å²) in [5.41, 5.74) is 0.956. The van der Waals surface area contributed by atoms with Crippen LogP contribution in [0.25, 0.3) is 0 Å². The Bertz CT molecular complexity index is 476. The molecule has 1 aromatic heterocycles. The zero-order chi connectivity index (χ0) is 11.7. The highest BCUT2D eigenvalue weighted by Crippen LogP contribution is 2.37. The van der Waals surface area contributed by atoms with Crippen LogP contribution in [0.3, 0.4) is 0 Å². The van der Waals surface area contributed by atoms with Gasteiger partial charge in [0.1, 0.15) is 5.15 Å². The lowest BCUT2D eigenvalue weighted by molar-refractivity contribution is -0.120. The SMILES string of the molecule is O=C1CC(c2cc(Cl)ncc2Br)C(Br)=CN1. The second-order valence-corrected chi connectivity index (χ2v) is 5.54. The number of carbonyl (C=O) groups is 1. The third kappa shape index (κ3) is 2.47. The van der Waals surface area contributed by atoms with Gasteiger partial charge in [-0.1, -0.05) is 27.5 Å². The molecule has 0 saturated heterocycles. The minimum Gasteiger partial charge on any atom is -0.332 e. The second-order valence-electron chi connectivity index (χ2n) is 3.38. The van der Waals surface area contributed by atoms with Gasteiger partial charge in [0.25, 0.3) is 0 Å². The van der Waals surface area contributed by atoms with Crippen molar-refractivity contribution in [3.63, 3.8) is 0 Å². The number of allylic oxidation sites excluding steroid dienone is 1. The van der Waals surface area contributed by atoms with Crippen molar-refractivity contribution >= 4 is 49.4 Å². The van der Waals surface area contributed by atoms with Gasteiger partial charge in [-0.25, -0.2) is 4.98 Å². The first-order valence-electron chi connectivity index (χ1n) is 4.54. The van der Waals surface area contributed by atoms with Crippen LogP contribution >= 0.6 is 43.5 Å². The summed E-state index contributed by atoms with van der Waals surface area (Å²) in [4.78, 5) is 15.3. The first kappa shape index (κ1) is 12.1. The highest BCUT2D eigenvalue weighted by atomic mass is 79.9. The van der Waals surface area contributed by atoms with Gasteiger partial charge < -0.3 is 5.32 Å². The number of nitrogens with zero attached hydrogens (tertiary/aromatic N) is 1. The minimum absolute atomic E-state index is 0.00645. The van der Waals surface area contributed by atoms with Gasteiger partial charge in [0.15, 0.2) is 0 Å². The molecule has 84 valence electrons. The Labute approximate surface area is 115 Å². The molecule has 1 unspecified atom stereocenters. The maximum atomic E-state index is 11.3. The number of nitrogens with one attached hydrogen (secondary N) is 1. The molecule has 0 radical (unpaired) electrons. The van der Waals surface area contributed by atoms with E-state index in [9.17, 15) is 4.79 Å². The molecule has 0 aliphatic carbocycles. The van der Waals surface area contributed by atoms with Crippen LogP contribution in [0.15, 0.2) is 27.4 Å². The van der Waals surface area contributed by atoms with E-state index in [0.717, 1.165) is 14.5 Å². The van der Waals surface area contributed by atoms with Crippen molar-refractivity contribution in [2.75, 3.05) is 0 Å². The van der Waals surface area contributed by atoms with Gasteiger partial charge >= 0.3 is 0 Å². The maximum Gasteiger partial charge on any atom is 0.224 e. The number of amides is 1. The molecule has 1 aromatic rings. The second kappa shape index (κ2) is 4.85. The van der Waals surface area contributed by atoms with Gasteiger partial charge in [0, 0.05) is 33.7 Å². The monoisotopic (exact) mass is 364 g/mol.